The standard InChI is InChI=1S/C48H90O4/c1-3-5-7-9-11-13-15-17-19-20-21-22-23-24-26-28-30-32-34-36-41-45-48(51)52-46(43-39-37-40-44-47(49)50)42-38-35-33-31-29-27-25-18-16-14-12-10-8-6-4-2/h11,13,17,19,46H,3-10,12,14-16,18,20-45H2,1-2H3,(H,49,50)/b13-11-,19-17-. The first-order chi connectivity index (χ1) is 25.6. The monoisotopic (exact) mass is 731 g/mol. The van der Waals surface area contributed by atoms with Crippen molar-refractivity contribution in [3.05, 3.63) is 24.3 Å². The number of esters is 1. The Labute approximate surface area is 325 Å². The molecule has 0 saturated heterocycles. The Morgan fingerprint density at radius 2 is 0.750 bits per heavy atom. The minimum atomic E-state index is -0.720. The molecule has 0 fully saturated rings. The molecule has 0 saturated carbocycles. The summed E-state index contributed by atoms with van der Waals surface area (Å²) < 4.78 is 5.98. The molecule has 0 rings (SSSR count). The lowest BCUT2D eigenvalue weighted by atomic mass is 10.0. The van der Waals surface area contributed by atoms with E-state index in [0.717, 1.165) is 51.4 Å². The van der Waals surface area contributed by atoms with Gasteiger partial charge in [0.25, 0.3) is 0 Å². The normalized spacial score (nSPS) is 12.3. The Hall–Kier alpha value is -1.58. The maximum atomic E-state index is 12.7. The fraction of sp³-hybridized carbons (Fsp3) is 0.875. The number of carbonyl (C=O) groups is 2. The summed E-state index contributed by atoms with van der Waals surface area (Å²) in [5.74, 6) is -0.746. The first-order valence-electron chi connectivity index (χ1n) is 23.3. The van der Waals surface area contributed by atoms with Gasteiger partial charge in [-0.05, 0) is 70.6 Å². The van der Waals surface area contributed by atoms with E-state index in [2.05, 4.69) is 38.2 Å². The maximum absolute atomic E-state index is 12.7. The van der Waals surface area contributed by atoms with E-state index in [1.165, 1.54) is 180 Å². The molecular weight excluding hydrogens is 641 g/mol. The summed E-state index contributed by atoms with van der Waals surface area (Å²) in [6, 6.07) is 0. The fourth-order valence-electron chi connectivity index (χ4n) is 7.22. The summed E-state index contributed by atoms with van der Waals surface area (Å²) in [5, 5.41) is 8.93. The number of hydrogen-bond acceptors (Lipinski definition) is 3. The van der Waals surface area contributed by atoms with Crippen LogP contribution in [0.3, 0.4) is 0 Å². The molecule has 1 unspecified atom stereocenters. The van der Waals surface area contributed by atoms with Gasteiger partial charge in [0.2, 0.25) is 0 Å². The highest BCUT2D eigenvalue weighted by molar-refractivity contribution is 5.69. The van der Waals surface area contributed by atoms with Crippen molar-refractivity contribution in [1.82, 2.24) is 0 Å². The topological polar surface area (TPSA) is 63.6 Å². The molecular formula is C48H90O4. The molecule has 0 aliphatic rings. The quantitative estimate of drug-likeness (QED) is 0.0385. The van der Waals surface area contributed by atoms with Crippen molar-refractivity contribution < 1.29 is 19.4 Å². The van der Waals surface area contributed by atoms with Gasteiger partial charge < -0.3 is 9.84 Å². The highest BCUT2D eigenvalue weighted by Crippen LogP contribution is 2.19. The number of carboxylic acids is 1. The van der Waals surface area contributed by atoms with Gasteiger partial charge >= 0.3 is 11.9 Å². The summed E-state index contributed by atoms with van der Waals surface area (Å²) in [6.45, 7) is 4.54. The molecule has 306 valence electrons. The molecule has 0 aliphatic carbocycles. The van der Waals surface area contributed by atoms with Crippen molar-refractivity contribution >= 4 is 11.9 Å². The molecule has 1 atom stereocenters. The van der Waals surface area contributed by atoms with Crippen LogP contribution in [0.25, 0.3) is 0 Å². The number of rotatable bonds is 43. The summed E-state index contributed by atoms with van der Waals surface area (Å²) in [6.07, 6.45) is 56.4. The van der Waals surface area contributed by atoms with Gasteiger partial charge in [-0.2, -0.15) is 0 Å². The van der Waals surface area contributed by atoms with Crippen LogP contribution in [0.1, 0.15) is 264 Å². The Morgan fingerprint density at radius 1 is 0.423 bits per heavy atom. The van der Waals surface area contributed by atoms with Crippen molar-refractivity contribution in [1.29, 1.82) is 0 Å². The molecule has 0 heterocycles. The second-order valence-electron chi connectivity index (χ2n) is 15.9. The number of ether oxygens (including phenoxy) is 1. The van der Waals surface area contributed by atoms with E-state index in [1.807, 2.05) is 0 Å². The van der Waals surface area contributed by atoms with Crippen LogP contribution in [0.2, 0.25) is 0 Å². The summed E-state index contributed by atoms with van der Waals surface area (Å²) in [7, 11) is 0. The number of hydrogen-bond donors (Lipinski definition) is 1. The van der Waals surface area contributed by atoms with Crippen molar-refractivity contribution in [3.63, 3.8) is 0 Å². The van der Waals surface area contributed by atoms with Gasteiger partial charge in [-0.1, -0.05) is 205 Å². The number of carboxylic acid groups (broad SMARTS) is 1. The predicted molar refractivity (Wildman–Crippen MR) is 227 cm³/mol. The lowest BCUT2D eigenvalue weighted by Crippen LogP contribution is -2.18. The molecule has 0 amide bonds. The van der Waals surface area contributed by atoms with E-state index in [9.17, 15) is 9.59 Å². The molecule has 1 N–H and O–H groups in total. The Morgan fingerprint density at radius 3 is 1.19 bits per heavy atom. The zero-order valence-electron chi connectivity index (χ0n) is 35.1. The fourth-order valence-corrected chi connectivity index (χ4v) is 7.22. The van der Waals surface area contributed by atoms with Crippen LogP contribution >= 0.6 is 0 Å². The van der Waals surface area contributed by atoms with Crippen LogP contribution in [0.15, 0.2) is 24.3 Å². The molecule has 0 spiro atoms. The van der Waals surface area contributed by atoms with Gasteiger partial charge in [0, 0.05) is 12.8 Å². The Kier molecular flexibility index (Phi) is 42.5. The lowest BCUT2D eigenvalue weighted by Gasteiger charge is -2.18. The van der Waals surface area contributed by atoms with Gasteiger partial charge in [-0.25, -0.2) is 0 Å². The number of allylic oxidation sites excluding steroid dienone is 4. The zero-order valence-corrected chi connectivity index (χ0v) is 35.1. The van der Waals surface area contributed by atoms with Crippen LogP contribution < -0.4 is 0 Å². The van der Waals surface area contributed by atoms with Crippen LogP contribution in [0.4, 0.5) is 0 Å². The molecule has 0 aromatic carbocycles. The smallest absolute Gasteiger partial charge is 0.306 e. The largest absolute Gasteiger partial charge is 0.481 e. The molecule has 0 bridgehead atoms. The average Bonchev–Trinajstić information content (AvgIpc) is 3.13. The molecule has 0 aromatic heterocycles. The lowest BCUT2D eigenvalue weighted by molar-refractivity contribution is -0.150. The predicted octanol–water partition coefficient (Wildman–Crippen LogP) is 16.3. The van der Waals surface area contributed by atoms with Crippen molar-refractivity contribution in [2.45, 2.75) is 270 Å². The Bertz CT molecular complexity index is 787. The van der Waals surface area contributed by atoms with Gasteiger partial charge in [0.1, 0.15) is 6.10 Å². The van der Waals surface area contributed by atoms with Gasteiger partial charge in [-0.15, -0.1) is 0 Å². The minimum absolute atomic E-state index is 0.00287. The number of carbonyl (C=O) groups excluding carboxylic acids is 1. The third-order valence-electron chi connectivity index (χ3n) is 10.7. The van der Waals surface area contributed by atoms with Gasteiger partial charge in [0.05, 0.1) is 0 Å². The third-order valence-corrected chi connectivity index (χ3v) is 10.7. The van der Waals surface area contributed by atoms with Crippen LogP contribution in [0, 0.1) is 0 Å². The third kappa shape index (κ3) is 42.8. The van der Waals surface area contributed by atoms with Crippen molar-refractivity contribution in [2.24, 2.45) is 0 Å². The highest BCUT2D eigenvalue weighted by atomic mass is 16.5. The molecule has 0 radical (unpaired) electrons. The maximum Gasteiger partial charge on any atom is 0.306 e. The average molecular weight is 731 g/mol. The zero-order chi connectivity index (χ0) is 37.8. The second-order valence-corrected chi connectivity index (χ2v) is 15.9. The highest BCUT2D eigenvalue weighted by Gasteiger charge is 2.14. The molecule has 52 heavy (non-hydrogen) atoms. The van der Waals surface area contributed by atoms with Gasteiger partial charge in [0.15, 0.2) is 0 Å². The van der Waals surface area contributed by atoms with E-state index in [4.69, 9.17) is 9.84 Å². The van der Waals surface area contributed by atoms with Gasteiger partial charge in [-0.3, -0.25) is 9.59 Å². The van der Waals surface area contributed by atoms with E-state index < -0.39 is 5.97 Å². The van der Waals surface area contributed by atoms with E-state index >= 15 is 0 Å². The minimum Gasteiger partial charge on any atom is -0.481 e. The summed E-state index contributed by atoms with van der Waals surface area (Å²) in [5.41, 5.74) is 0. The summed E-state index contributed by atoms with van der Waals surface area (Å²) in [4.78, 5) is 23.5. The van der Waals surface area contributed by atoms with Crippen molar-refractivity contribution in [2.75, 3.05) is 0 Å². The molecule has 4 nitrogen and oxygen atoms in total. The summed E-state index contributed by atoms with van der Waals surface area (Å²) >= 11 is 0. The van der Waals surface area contributed by atoms with E-state index in [-0.39, 0.29) is 18.5 Å². The first-order valence-corrected chi connectivity index (χ1v) is 23.3. The molecule has 0 aromatic rings. The molecule has 4 heteroatoms. The first kappa shape index (κ1) is 50.4. The van der Waals surface area contributed by atoms with Crippen LogP contribution in [-0.2, 0) is 14.3 Å². The second kappa shape index (κ2) is 43.8. The van der Waals surface area contributed by atoms with Crippen LogP contribution in [0.5, 0.6) is 0 Å². The number of aliphatic carboxylic acids is 1. The SMILES string of the molecule is CCCCC/C=C\C/C=C\CCCCCCCCCCCCCC(=O)OC(CCCCCCCCCCCCCCCCC)CCCCCC(=O)O. The van der Waals surface area contributed by atoms with Crippen molar-refractivity contribution in [3.8, 4) is 0 Å². The van der Waals surface area contributed by atoms with Crippen LogP contribution in [-0.4, -0.2) is 23.1 Å². The van der Waals surface area contributed by atoms with E-state index in [0.29, 0.717) is 12.8 Å². The Balaban J connectivity index is 3.84. The molecule has 0 aliphatic heterocycles. The number of unbranched alkanes of at least 4 members (excludes halogenated alkanes) is 30. The van der Waals surface area contributed by atoms with E-state index in [1.54, 1.807) is 0 Å².